The Morgan fingerprint density at radius 2 is 1.13 bits per heavy atom. The van der Waals surface area contributed by atoms with Crippen LogP contribution in [0.4, 0.5) is 11.4 Å². The Morgan fingerprint density at radius 3 is 1.70 bits per heavy atom. The van der Waals surface area contributed by atoms with Crippen LogP contribution in [-0.2, 0) is 114 Å². The minimum atomic E-state index is -5.13. The zero-order chi connectivity index (χ0) is 68.4. The van der Waals surface area contributed by atoms with Crippen LogP contribution >= 0.6 is 0 Å². The summed E-state index contributed by atoms with van der Waals surface area (Å²) in [6.45, 7) is 5.60. The smallest absolute Gasteiger partial charge is 0.335 e. The van der Waals surface area contributed by atoms with Crippen molar-refractivity contribution in [2.24, 2.45) is 0 Å². The Hall–Kier alpha value is -6.16. The summed E-state index contributed by atoms with van der Waals surface area (Å²) in [7, 11) is -21.9. The molecule has 514 valence electrons. The molecule has 93 heavy (non-hydrogen) atoms. The van der Waals surface area contributed by atoms with Gasteiger partial charge in [-0.15, -0.1) is 5.06 Å². The highest BCUT2D eigenvalue weighted by Gasteiger charge is 2.45. The lowest BCUT2D eigenvalue weighted by Gasteiger charge is -2.33. The van der Waals surface area contributed by atoms with E-state index in [2.05, 4.69) is 5.32 Å². The van der Waals surface area contributed by atoms with E-state index in [-0.39, 0.29) is 145 Å². The number of hydroxylamine groups is 2. The highest BCUT2D eigenvalue weighted by Crippen LogP contribution is 2.54. The van der Waals surface area contributed by atoms with Crippen molar-refractivity contribution < 1.29 is 117 Å². The first kappa shape index (κ1) is 75.9. The molecule has 2 aliphatic heterocycles. The molecule has 0 aromatic heterocycles. The first-order chi connectivity index (χ1) is 43.7. The molecule has 0 saturated carbocycles. The van der Waals surface area contributed by atoms with E-state index in [0.29, 0.717) is 59.7 Å². The SMILES string of the molecule is COCCNc1ccc2c(S(=O)(=O)O)cc(S(=O)(=O)O)cc2c1C(C)(C/C=C/C=C/C=C/C=C1/N(CCOCCOCCC(=O)ON2C(=O)CCC2=O)c2ccc3c(S(=O)(=O)O)cc(S(=O)(=O)O)cc3c2C1(C)CCOCCOCCOCCOC)CCCS(=O)(=O)O. The summed E-state index contributed by atoms with van der Waals surface area (Å²) in [5, 5.41) is 3.44. The average Bonchev–Trinajstić information content (AvgIpc) is 1.63. The number of allylic oxidation sites excluding steroid dienone is 8. The van der Waals surface area contributed by atoms with E-state index < -0.39 is 105 Å². The molecule has 6 N–H and O–H groups in total. The summed E-state index contributed by atoms with van der Waals surface area (Å²) >= 11 is 0. The second-order valence-corrected chi connectivity index (χ2v) is 29.0. The molecule has 2 amide bonds. The number of amides is 2. The molecule has 29 nitrogen and oxygen atoms in total. The summed E-state index contributed by atoms with van der Waals surface area (Å²) in [5.74, 6) is -2.80. The van der Waals surface area contributed by atoms with Crippen molar-refractivity contribution in [2.45, 2.75) is 89.2 Å². The number of benzene rings is 4. The average molecular weight is 1400 g/mol. The minimum absolute atomic E-state index is 0.00190. The lowest BCUT2D eigenvalue weighted by atomic mass is 9.73. The molecule has 6 rings (SSSR count). The molecule has 4 aromatic carbocycles. The number of rotatable bonds is 40. The first-order valence-electron chi connectivity index (χ1n) is 29.0. The maximum Gasteiger partial charge on any atom is 0.335 e. The van der Waals surface area contributed by atoms with Crippen LogP contribution in [-0.4, -0.2) is 200 Å². The van der Waals surface area contributed by atoms with Crippen molar-refractivity contribution in [3.63, 3.8) is 0 Å². The topological polar surface area (TPSA) is 415 Å². The highest BCUT2D eigenvalue weighted by atomic mass is 32.2. The van der Waals surface area contributed by atoms with E-state index in [0.717, 1.165) is 12.1 Å². The lowest BCUT2D eigenvalue weighted by molar-refractivity contribution is -0.198. The van der Waals surface area contributed by atoms with Crippen LogP contribution in [0.5, 0.6) is 0 Å². The first-order valence-corrected chi connectivity index (χ1v) is 36.3. The van der Waals surface area contributed by atoms with E-state index in [1.54, 1.807) is 62.6 Å². The van der Waals surface area contributed by atoms with Crippen LogP contribution in [0, 0.1) is 0 Å². The van der Waals surface area contributed by atoms with Gasteiger partial charge in [-0.3, -0.25) is 32.4 Å². The molecule has 0 bridgehead atoms. The summed E-state index contributed by atoms with van der Waals surface area (Å²) in [4.78, 5) is 39.4. The molecule has 1 saturated heterocycles. The number of anilines is 2. The third-order valence-electron chi connectivity index (χ3n) is 15.1. The van der Waals surface area contributed by atoms with Crippen LogP contribution in [0.25, 0.3) is 21.5 Å². The van der Waals surface area contributed by atoms with Gasteiger partial charge >= 0.3 is 5.97 Å². The number of fused-ring (bicyclic) bond motifs is 4. The van der Waals surface area contributed by atoms with E-state index >= 15 is 0 Å². The highest BCUT2D eigenvalue weighted by molar-refractivity contribution is 7.87. The van der Waals surface area contributed by atoms with E-state index in [9.17, 15) is 79.2 Å². The second-order valence-electron chi connectivity index (χ2n) is 21.8. The third kappa shape index (κ3) is 21.2. The van der Waals surface area contributed by atoms with Gasteiger partial charge in [-0.2, -0.15) is 42.1 Å². The number of imide groups is 1. The summed E-state index contributed by atoms with van der Waals surface area (Å²) in [6.07, 6.45) is 11.3. The van der Waals surface area contributed by atoms with Crippen molar-refractivity contribution in [3.8, 4) is 0 Å². The Balaban J connectivity index is 1.36. The minimum Gasteiger partial charge on any atom is -0.383 e. The van der Waals surface area contributed by atoms with Gasteiger partial charge < -0.3 is 48.2 Å². The van der Waals surface area contributed by atoms with Gasteiger partial charge in [0.1, 0.15) is 9.79 Å². The van der Waals surface area contributed by atoms with Gasteiger partial charge in [0.25, 0.3) is 62.4 Å². The van der Waals surface area contributed by atoms with Crippen molar-refractivity contribution in [3.05, 3.63) is 108 Å². The third-order valence-corrected chi connectivity index (χ3v) is 19.4. The normalized spacial score (nSPS) is 17.2. The molecule has 2 heterocycles. The van der Waals surface area contributed by atoms with Gasteiger partial charge in [-0.1, -0.05) is 55.5 Å². The van der Waals surface area contributed by atoms with Crippen molar-refractivity contribution in [2.75, 3.05) is 123 Å². The van der Waals surface area contributed by atoms with Crippen molar-refractivity contribution in [1.29, 1.82) is 0 Å². The van der Waals surface area contributed by atoms with E-state index in [1.807, 2.05) is 11.8 Å². The summed E-state index contributed by atoms with van der Waals surface area (Å²) in [6, 6.07) is 9.24. The summed E-state index contributed by atoms with van der Waals surface area (Å²) in [5.41, 5.74) is -0.413. The maximum atomic E-state index is 13.0. The molecule has 2 atom stereocenters. The Bertz CT molecular complexity index is 4050. The number of nitrogens with one attached hydrogen (secondary N) is 1. The van der Waals surface area contributed by atoms with Gasteiger partial charge in [0.2, 0.25) is 0 Å². The van der Waals surface area contributed by atoms with Crippen LogP contribution in [0.2, 0.25) is 0 Å². The fraction of sp³-hybridized carbons (Fsp3) is 0.475. The van der Waals surface area contributed by atoms with Crippen molar-refractivity contribution >= 4 is 101 Å². The van der Waals surface area contributed by atoms with Gasteiger partial charge in [-0.25, -0.2) is 4.79 Å². The molecule has 0 spiro atoms. The van der Waals surface area contributed by atoms with Crippen molar-refractivity contribution in [1.82, 2.24) is 5.06 Å². The van der Waals surface area contributed by atoms with Crippen LogP contribution in [0.15, 0.2) is 116 Å². The Morgan fingerprint density at radius 1 is 0.613 bits per heavy atom. The fourth-order valence-corrected chi connectivity index (χ4v) is 14.0. The van der Waals surface area contributed by atoms with Crippen LogP contribution < -0.4 is 10.2 Å². The standard InChI is InChI=1S/C59H77N3O26S5/c1-58(21-11-37-89(66,67)68,56-46-38-42(90(69,70)71)40-50(92(75,76)77)44(46)13-15-48(56)60-23-27-81-3)20-10-8-6-5-7-9-12-52-59(2,22-26-84-32-34-87-36-35-86-30-29-82-4)57-47-39-43(91(72,73)74)41-51(93(78,79)80)45(47)14-16-49(57)61(52)24-28-85-33-31-83-25-19-55(65)88-62-53(63)17-18-54(62)64/h5-10,12-16,38-41,60H,11,17-37H2,1-4H3,(H,66,67,68)(H,69,70,71)(H,72,73,74)(H,75,76,77)(H,78,79,80)/b6-5+,9-7+,10-8+,52-12+. The van der Waals surface area contributed by atoms with Crippen LogP contribution in [0.1, 0.15) is 69.9 Å². The van der Waals surface area contributed by atoms with Crippen LogP contribution in [0.3, 0.4) is 0 Å². The molecule has 34 heteroatoms. The maximum absolute atomic E-state index is 13.0. The van der Waals surface area contributed by atoms with Gasteiger partial charge in [0.05, 0.1) is 94.6 Å². The zero-order valence-corrected chi connectivity index (χ0v) is 55.5. The quantitative estimate of drug-likeness (QED) is 0.0133. The number of hydrogen-bond donors (Lipinski definition) is 6. The molecule has 2 aliphatic rings. The van der Waals surface area contributed by atoms with Gasteiger partial charge in [0.15, 0.2) is 0 Å². The monoisotopic (exact) mass is 1400 g/mol. The molecular formula is C59H77N3O26S5. The number of nitrogens with zero attached hydrogens (tertiary/aromatic N) is 2. The molecule has 0 aliphatic carbocycles. The van der Waals surface area contributed by atoms with E-state index in [4.69, 9.17) is 38.0 Å². The number of hydrogen-bond acceptors (Lipinski definition) is 23. The second kappa shape index (κ2) is 33.5. The zero-order valence-electron chi connectivity index (χ0n) is 51.5. The fourth-order valence-electron chi connectivity index (χ4n) is 10.8. The largest absolute Gasteiger partial charge is 0.383 e. The van der Waals surface area contributed by atoms with Gasteiger partial charge in [0, 0.05) is 80.0 Å². The summed E-state index contributed by atoms with van der Waals surface area (Å²) < 4.78 is 216. The molecule has 4 aromatic rings. The number of carbonyl (C=O) groups excluding carboxylic acids is 3. The Kier molecular flexibility index (Phi) is 27.3. The number of carbonyl (C=O) groups is 3. The number of ether oxygens (including phenoxy) is 7. The predicted molar refractivity (Wildman–Crippen MR) is 338 cm³/mol. The predicted octanol–water partition coefficient (Wildman–Crippen LogP) is 5.80. The lowest BCUT2D eigenvalue weighted by Crippen LogP contribution is -2.32. The Labute approximate surface area is 540 Å². The van der Waals surface area contributed by atoms with E-state index in [1.165, 1.54) is 25.3 Å². The van der Waals surface area contributed by atoms with Gasteiger partial charge in [-0.05, 0) is 102 Å². The molecule has 2 unspecified atom stereocenters. The molecule has 1 fully saturated rings. The molecular weight excluding hydrogens is 1330 g/mol. The number of methoxy groups -OCH3 is 2. The molecule has 0 radical (unpaired) electrons.